The number of fused-ring (bicyclic) bond motifs is 1. The van der Waals surface area contributed by atoms with E-state index in [1.807, 2.05) is 37.2 Å². The summed E-state index contributed by atoms with van der Waals surface area (Å²) in [5, 5.41) is 0. The minimum Gasteiger partial charge on any atom is -0.380 e. The minimum absolute atomic E-state index is 0.249. The molecule has 0 atom stereocenters. The van der Waals surface area contributed by atoms with Crippen molar-refractivity contribution in [3.63, 3.8) is 0 Å². The molecule has 0 aromatic heterocycles. The van der Waals surface area contributed by atoms with Crippen LogP contribution in [-0.4, -0.2) is 24.8 Å². The molecule has 0 aromatic carbocycles. The van der Waals surface area contributed by atoms with E-state index in [1.54, 1.807) is 0 Å². The highest BCUT2D eigenvalue weighted by molar-refractivity contribution is 6.06. The van der Waals surface area contributed by atoms with Gasteiger partial charge in [0, 0.05) is 30.9 Å². The van der Waals surface area contributed by atoms with E-state index in [0.29, 0.717) is 6.42 Å². The highest BCUT2D eigenvalue weighted by Crippen LogP contribution is 2.33. The molecule has 2 aliphatic rings. The third kappa shape index (κ3) is 0.843. The monoisotopic (exact) mass is 161 g/mol. The molecule has 0 spiro atoms. The molecule has 0 amide bonds. The maximum Gasteiger partial charge on any atom is 0.169 e. The summed E-state index contributed by atoms with van der Waals surface area (Å²) in [6, 6.07) is 0. The molecule has 0 fully saturated rings. The predicted molar refractivity (Wildman–Crippen MR) is 47.6 cm³/mol. The molecule has 0 unspecified atom stereocenters. The summed E-state index contributed by atoms with van der Waals surface area (Å²) in [6.45, 7) is 0. The van der Waals surface area contributed by atoms with Crippen LogP contribution in [0.1, 0.15) is 6.42 Å². The number of Topliss-reactive ketones (excluding diaryl/α,β-unsaturated/α-hetero) is 1. The Labute approximate surface area is 71.9 Å². The van der Waals surface area contributed by atoms with Gasteiger partial charge in [0.2, 0.25) is 0 Å². The Morgan fingerprint density at radius 3 is 2.83 bits per heavy atom. The van der Waals surface area contributed by atoms with Gasteiger partial charge in [-0.25, -0.2) is 0 Å². The molecule has 0 bridgehead atoms. The fourth-order valence-corrected chi connectivity index (χ4v) is 1.66. The van der Waals surface area contributed by atoms with Crippen molar-refractivity contribution in [1.29, 1.82) is 0 Å². The fraction of sp³-hybridized carbons (Fsp3) is 0.300. The number of nitrogens with zero attached hydrogens (tertiary/aromatic N) is 1. The molecule has 2 heteroatoms. The number of ketones is 1. The Kier molecular flexibility index (Phi) is 1.43. The largest absolute Gasteiger partial charge is 0.380 e. The maximum absolute atomic E-state index is 11.4. The van der Waals surface area contributed by atoms with Crippen molar-refractivity contribution in [1.82, 2.24) is 4.90 Å². The first-order chi connectivity index (χ1) is 5.70. The van der Waals surface area contributed by atoms with Gasteiger partial charge < -0.3 is 4.90 Å². The van der Waals surface area contributed by atoms with Crippen molar-refractivity contribution in [2.75, 3.05) is 14.1 Å². The van der Waals surface area contributed by atoms with Crippen LogP contribution in [-0.2, 0) is 4.79 Å². The Morgan fingerprint density at radius 1 is 1.42 bits per heavy atom. The molecule has 2 nitrogen and oxygen atoms in total. The molecule has 0 radical (unpaired) electrons. The number of hydrogen-bond acceptors (Lipinski definition) is 2. The summed E-state index contributed by atoms with van der Waals surface area (Å²) in [5.41, 5.74) is 3.14. The van der Waals surface area contributed by atoms with Gasteiger partial charge in [0.25, 0.3) is 0 Å². The van der Waals surface area contributed by atoms with Crippen LogP contribution in [0.4, 0.5) is 0 Å². The van der Waals surface area contributed by atoms with Gasteiger partial charge in [0.15, 0.2) is 5.78 Å². The number of carbonyl (C=O) groups is 1. The lowest BCUT2D eigenvalue weighted by Crippen LogP contribution is -2.11. The van der Waals surface area contributed by atoms with E-state index in [1.165, 1.54) is 0 Å². The van der Waals surface area contributed by atoms with Crippen LogP contribution in [0.2, 0.25) is 0 Å². The Morgan fingerprint density at radius 2 is 2.17 bits per heavy atom. The van der Waals surface area contributed by atoms with Gasteiger partial charge in [-0.2, -0.15) is 0 Å². The summed E-state index contributed by atoms with van der Waals surface area (Å²) < 4.78 is 0. The van der Waals surface area contributed by atoms with Gasteiger partial charge in [-0.05, 0) is 0 Å². The minimum atomic E-state index is 0.249. The number of carbonyl (C=O) groups excluding carboxylic acids is 1. The standard InChI is InChI=1S/C10H11NO/c1-11(2)9-6-10(12)8-5-3-4-7(8)9/h3-5H,6H2,1-2H3. The SMILES string of the molecule is CN(C)C1=C2C=CC=C2C(=O)C1. The van der Waals surface area contributed by atoms with Crippen LogP contribution in [0.15, 0.2) is 35.1 Å². The van der Waals surface area contributed by atoms with Crippen LogP contribution in [0.5, 0.6) is 0 Å². The zero-order valence-corrected chi connectivity index (χ0v) is 7.29. The van der Waals surface area contributed by atoms with Gasteiger partial charge in [-0.3, -0.25) is 4.79 Å². The Bertz CT molecular complexity index is 332. The van der Waals surface area contributed by atoms with Gasteiger partial charge in [0.05, 0.1) is 6.42 Å². The molecule has 12 heavy (non-hydrogen) atoms. The van der Waals surface area contributed by atoms with Crippen molar-refractivity contribution in [2.45, 2.75) is 6.42 Å². The lowest BCUT2D eigenvalue weighted by molar-refractivity contribution is -0.114. The van der Waals surface area contributed by atoms with Gasteiger partial charge in [-0.1, -0.05) is 18.2 Å². The second-order valence-electron chi connectivity index (χ2n) is 3.29. The van der Waals surface area contributed by atoms with E-state index in [4.69, 9.17) is 0 Å². The number of hydrogen-bond donors (Lipinski definition) is 0. The van der Waals surface area contributed by atoms with Crippen molar-refractivity contribution < 1.29 is 4.79 Å². The predicted octanol–water partition coefficient (Wildman–Crippen LogP) is 1.27. The van der Waals surface area contributed by atoms with Gasteiger partial charge in [0.1, 0.15) is 0 Å². The quantitative estimate of drug-likeness (QED) is 0.577. The first-order valence-corrected chi connectivity index (χ1v) is 4.02. The molecule has 2 aliphatic carbocycles. The third-order valence-electron chi connectivity index (χ3n) is 2.30. The van der Waals surface area contributed by atoms with Gasteiger partial charge >= 0.3 is 0 Å². The molecular formula is C10H11NO. The van der Waals surface area contributed by atoms with Crippen molar-refractivity contribution in [3.8, 4) is 0 Å². The molecule has 2 rings (SSSR count). The zero-order chi connectivity index (χ0) is 8.72. The summed E-state index contributed by atoms with van der Waals surface area (Å²) >= 11 is 0. The normalized spacial score (nSPS) is 20.2. The van der Waals surface area contributed by atoms with E-state index in [2.05, 4.69) is 0 Å². The highest BCUT2D eigenvalue weighted by Gasteiger charge is 2.28. The zero-order valence-electron chi connectivity index (χ0n) is 7.29. The van der Waals surface area contributed by atoms with Crippen LogP contribution in [0.3, 0.4) is 0 Å². The van der Waals surface area contributed by atoms with Crippen molar-refractivity contribution >= 4 is 5.78 Å². The van der Waals surface area contributed by atoms with E-state index in [0.717, 1.165) is 16.8 Å². The topological polar surface area (TPSA) is 20.3 Å². The average molecular weight is 161 g/mol. The second kappa shape index (κ2) is 2.34. The lowest BCUT2D eigenvalue weighted by Gasteiger charge is -2.13. The van der Waals surface area contributed by atoms with Gasteiger partial charge in [-0.15, -0.1) is 0 Å². The van der Waals surface area contributed by atoms with E-state index in [-0.39, 0.29) is 5.78 Å². The van der Waals surface area contributed by atoms with Crippen LogP contribution in [0.25, 0.3) is 0 Å². The van der Waals surface area contributed by atoms with E-state index < -0.39 is 0 Å². The first kappa shape index (κ1) is 7.35. The summed E-state index contributed by atoms with van der Waals surface area (Å²) in [7, 11) is 3.95. The molecule has 0 aromatic rings. The van der Waals surface area contributed by atoms with E-state index >= 15 is 0 Å². The Balaban J connectivity index is 2.48. The lowest BCUT2D eigenvalue weighted by atomic mass is 10.2. The van der Waals surface area contributed by atoms with Crippen LogP contribution < -0.4 is 0 Å². The van der Waals surface area contributed by atoms with E-state index in [9.17, 15) is 4.79 Å². The highest BCUT2D eigenvalue weighted by atomic mass is 16.1. The molecule has 62 valence electrons. The fourth-order valence-electron chi connectivity index (χ4n) is 1.66. The van der Waals surface area contributed by atoms with Crippen LogP contribution >= 0.6 is 0 Å². The molecule has 0 saturated heterocycles. The summed E-state index contributed by atoms with van der Waals surface area (Å²) in [5.74, 6) is 0.249. The summed E-state index contributed by atoms with van der Waals surface area (Å²) in [4.78, 5) is 13.4. The molecule has 0 aliphatic heterocycles. The second-order valence-corrected chi connectivity index (χ2v) is 3.29. The number of rotatable bonds is 1. The summed E-state index contributed by atoms with van der Waals surface area (Å²) in [6.07, 6.45) is 6.41. The van der Waals surface area contributed by atoms with Crippen molar-refractivity contribution in [3.05, 3.63) is 35.1 Å². The smallest absolute Gasteiger partial charge is 0.169 e. The van der Waals surface area contributed by atoms with Crippen LogP contribution in [0, 0.1) is 0 Å². The molecule has 0 heterocycles. The first-order valence-electron chi connectivity index (χ1n) is 4.02. The molecule has 0 saturated carbocycles. The Hall–Kier alpha value is -1.31. The molecule has 0 N–H and O–H groups in total. The average Bonchev–Trinajstić information content (AvgIpc) is 2.53. The molecular weight excluding hydrogens is 150 g/mol. The van der Waals surface area contributed by atoms with Crippen molar-refractivity contribution in [2.24, 2.45) is 0 Å². The number of allylic oxidation sites excluding steroid dienone is 6. The third-order valence-corrected chi connectivity index (χ3v) is 2.30. The maximum atomic E-state index is 11.4.